The van der Waals surface area contributed by atoms with Gasteiger partial charge in [-0.3, -0.25) is 0 Å². The summed E-state index contributed by atoms with van der Waals surface area (Å²) < 4.78 is 0. The Morgan fingerprint density at radius 3 is 2.00 bits per heavy atom. The van der Waals surface area contributed by atoms with E-state index < -0.39 is 0 Å². The molecule has 2 heteroatoms. The highest BCUT2D eigenvalue weighted by Crippen LogP contribution is 2.24. The van der Waals surface area contributed by atoms with Crippen LogP contribution in [0.1, 0.15) is 45.7 Å². The molecule has 96 valence electrons. The lowest BCUT2D eigenvalue weighted by Gasteiger charge is -2.23. The fourth-order valence-corrected chi connectivity index (χ4v) is 2.08. The maximum atomic E-state index is 6.23. The van der Waals surface area contributed by atoms with E-state index in [9.17, 15) is 0 Å². The van der Waals surface area contributed by atoms with Crippen molar-refractivity contribution in [3.8, 4) is 0 Å². The van der Waals surface area contributed by atoms with Gasteiger partial charge in [-0.2, -0.15) is 0 Å². The molecule has 0 amide bonds. The second kappa shape index (κ2) is 6.65. The Bertz CT molecular complexity index is 314. The van der Waals surface area contributed by atoms with E-state index in [0.717, 1.165) is 19.5 Å². The van der Waals surface area contributed by atoms with Crippen LogP contribution in [-0.4, -0.2) is 13.1 Å². The minimum absolute atomic E-state index is 0.158. The van der Waals surface area contributed by atoms with E-state index in [1.807, 2.05) is 0 Å². The Morgan fingerprint density at radius 1 is 1.06 bits per heavy atom. The molecule has 2 N–H and O–H groups in total. The average molecular weight is 234 g/mol. The molecule has 0 aliphatic carbocycles. The first-order chi connectivity index (χ1) is 8.13. The van der Waals surface area contributed by atoms with Gasteiger partial charge in [-0.15, -0.1) is 0 Å². The van der Waals surface area contributed by atoms with Gasteiger partial charge in [0.25, 0.3) is 0 Å². The van der Waals surface area contributed by atoms with Gasteiger partial charge in [0.2, 0.25) is 0 Å². The second-order valence-electron chi connectivity index (χ2n) is 4.68. The van der Waals surface area contributed by atoms with Crippen LogP contribution in [0.25, 0.3) is 0 Å². The summed E-state index contributed by atoms with van der Waals surface area (Å²) in [6.07, 6.45) is 1.12. The molecule has 1 rings (SSSR count). The standard InChI is InChI=1S/C15H26N2/c1-5-12(4)15(16)13-8-10-14(11-9-13)17(6-2)7-3/h8-12,15H,5-7,16H2,1-4H3/t12?,15-/m1/s1. The summed E-state index contributed by atoms with van der Waals surface area (Å²) in [6, 6.07) is 8.87. The normalized spacial score (nSPS) is 14.4. The Hall–Kier alpha value is -1.02. The number of rotatable bonds is 6. The summed E-state index contributed by atoms with van der Waals surface area (Å²) in [5.74, 6) is 0.536. The van der Waals surface area contributed by atoms with Gasteiger partial charge in [-0.25, -0.2) is 0 Å². The fourth-order valence-electron chi connectivity index (χ4n) is 2.08. The highest BCUT2D eigenvalue weighted by Gasteiger charge is 2.13. The average Bonchev–Trinajstić information content (AvgIpc) is 2.39. The SMILES string of the molecule is CCC(C)[C@@H](N)c1ccc(N(CC)CC)cc1. The molecule has 0 spiro atoms. The molecule has 0 aliphatic heterocycles. The second-order valence-corrected chi connectivity index (χ2v) is 4.68. The van der Waals surface area contributed by atoms with E-state index in [1.54, 1.807) is 0 Å². The third kappa shape index (κ3) is 3.47. The predicted octanol–water partition coefficient (Wildman–Crippen LogP) is 3.58. The molecule has 0 radical (unpaired) electrons. The zero-order valence-electron chi connectivity index (χ0n) is 11.6. The molecular formula is C15H26N2. The van der Waals surface area contributed by atoms with Crippen LogP contribution in [0.15, 0.2) is 24.3 Å². The van der Waals surface area contributed by atoms with Crippen molar-refractivity contribution < 1.29 is 0 Å². The molecule has 1 unspecified atom stereocenters. The Morgan fingerprint density at radius 2 is 1.59 bits per heavy atom. The molecule has 2 atom stereocenters. The van der Waals surface area contributed by atoms with Crippen molar-refractivity contribution >= 4 is 5.69 Å². The third-order valence-corrected chi connectivity index (χ3v) is 3.66. The van der Waals surface area contributed by atoms with E-state index in [1.165, 1.54) is 11.3 Å². The summed E-state index contributed by atoms with van der Waals surface area (Å²) in [5, 5.41) is 0. The summed E-state index contributed by atoms with van der Waals surface area (Å²) in [7, 11) is 0. The zero-order valence-corrected chi connectivity index (χ0v) is 11.6. The van der Waals surface area contributed by atoms with Crippen molar-refractivity contribution in [2.24, 2.45) is 11.7 Å². The lowest BCUT2D eigenvalue weighted by atomic mass is 9.93. The van der Waals surface area contributed by atoms with Crippen molar-refractivity contribution in [3.63, 3.8) is 0 Å². The number of nitrogens with zero attached hydrogens (tertiary/aromatic N) is 1. The molecule has 1 aromatic carbocycles. The number of hydrogen-bond donors (Lipinski definition) is 1. The van der Waals surface area contributed by atoms with Gasteiger partial charge in [0.05, 0.1) is 0 Å². The van der Waals surface area contributed by atoms with Gasteiger partial charge in [-0.05, 0) is 37.5 Å². The maximum Gasteiger partial charge on any atom is 0.0366 e. The monoisotopic (exact) mass is 234 g/mol. The molecular weight excluding hydrogens is 208 g/mol. The highest BCUT2D eigenvalue weighted by molar-refractivity contribution is 5.47. The molecule has 1 aromatic rings. The molecule has 17 heavy (non-hydrogen) atoms. The molecule has 0 saturated heterocycles. The van der Waals surface area contributed by atoms with Crippen molar-refractivity contribution in [1.29, 1.82) is 0 Å². The van der Waals surface area contributed by atoms with E-state index in [-0.39, 0.29) is 6.04 Å². The molecule has 0 aliphatic rings. The first-order valence-corrected chi connectivity index (χ1v) is 6.74. The number of benzene rings is 1. The van der Waals surface area contributed by atoms with Crippen LogP contribution in [0.2, 0.25) is 0 Å². The van der Waals surface area contributed by atoms with Crippen LogP contribution >= 0.6 is 0 Å². The number of hydrogen-bond acceptors (Lipinski definition) is 2. The quantitative estimate of drug-likeness (QED) is 0.815. The first kappa shape index (κ1) is 14.0. The zero-order chi connectivity index (χ0) is 12.8. The van der Waals surface area contributed by atoms with Crippen LogP contribution in [0, 0.1) is 5.92 Å². The smallest absolute Gasteiger partial charge is 0.0366 e. The Balaban J connectivity index is 2.80. The molecule has 0 saturated carbocycles. The van der Waals surface area contributed by atoms with E-state index >= 15 is 0 Å². The number of nitrogens with two attached hydrogens (primary N) is 1. The lowest BCUT2D eigenvalue weighted by Crippen LogP contribution is -2.22. The topological polar surface area (TPSA) is 29.3 Å². The molecule has 2 nitrogen and oxygen atoms in total. The van der Waals surface area contributed by atoms with Gasteiger partial charge in [0.1, 0.15) is 0 Å². The van der Waals surface area contributed by atoms with E-state index in [0.29, 0.717) is 5.92 Å². The van der Waals surface area contributed by atoms with Crippen molar-refractivity contribution in [1.82, 2.24) is 0 Å². The van der Waals surface area contributed by atoms with Gasteiger partial charge >= 0.3 is 0 Å². The molecule has 0 aromatic heterocycles. The van der Waals surface area contributed by atoms with Gasteiger partial charge < -0.3 is 10.6 Å². The molecule has 0 fully saturated rings. The Kier molecular flexibility index (Phi) is 5.49. The maximum absolute atomic E-state index is 6.23. The summed E-state index contributed by atoms with van der Waals surface area (Å²) in [4.78, 5) is 2.35. The van der Waals surface area contributed by atoms with Crippen molar-refractivity contribution in [3.05, 3.63) is 29.8 Å². The van der Waals surface area contributed by atoms with Crippen LogP contribution in [0.5, 0.6) is 0 Å². The lowest BCUT2D eigenvalue weighted by molar-refractivity contribution is 0.457. The predicted molar refractivity (Wildman–Crippen MR) is 76.4 cm³/mol. The van der Waals surface area contributed by atoms with Gasteiger partial charge in [0.15, 0.2) is 0 Å². The van der Waals surface area contributed by atoms with E-state index in [4.69, 9.17) is 5.73 Å². The van der Waals surface area contributed by atoms with E-state index in [2.05, 4.69) is 56.9 Å². The molecule has 0 bridgehead atoms. The van der Waals surface area contributed by atoms with Gasteiger partial charge in [-0.1, -0.05) is 32.4 Å². The largest absolute Gasteiger partial charge is 0.372 e. The van der Waals surface area contributed by atoms with Gasteiger partial charge in [0, 0.05) is 24.8 Å². The van der Waals surface area contributed by atoms with Crippen LogP contribution in [-0.2, 0) is 0 Å². The minimum Gasteiger partial charge on any atom is -0.372 e. The molecule has 0 heterocycles. The number of anilines is 1. The first-order valence-electron chi connectivity index (χ1n) is 6.74. The van der Waals surface area contributed by atoms with Crippen molar-refractivity contribution in [2.45, 2.75) is 40.2 Å². The van der Waals surface area contributed by atoms with Crippen LogP contribution in [0.3, 0.4) is 0 Å². The van der Waals surface area contributed by atoms with Crippen molar-refractivity contribution in [2.75, 3.05) is 18.0 Å². The third-order valence-electron chi connectivity index (χ3n) is 3.66. The van der Waals surface area contributed by atoms with Crippen LogP contribution in [0.4, 0.5) is 5.69 Å². The summed E-state index contributed by atoms with van der Waals surface area (Å²) >= 11 is 0. The Labute approximate surface area is 106 Å². The fraction of sp³-hybridized carbons (Fsp3) is 0.600. The summed E-state index contributed by atoms with van der Waals surface area (Å²) in [6.45, 7) is 10.9. The minimum atomic E-state index is 0.158. The van der Waals surface area contributed by atoms with Crippen LogP contribution < -0.4 is 10.6 Å². The highest BCUT2D eigenvalue weighted by atomic mass is 15.1. The summed E-state index contributed by atoms with van der Waals surface area (Å²) in [5.41, 5.74) is 8.76.